The molecule has 64 heavy (non-hydrogen) atoms. The van der Waals surface area contributed by atoms with E-state index in [-0.39, 0.29) is 31.8 Å². The molecule has 2 bridgehead atoms. The monoisotopic (exact) mass is 907 g/mol. The molecule has 0 aliphatic carbocycles. The smallest absolute Gasteiger partial charge is 0.318 e. The van der Waals surface area contributed by atoms with Crippen LogP contribution in [0, 0.1) is 5.92 Å². The molecule has 0 spiro atoms. The van der Waals surface area contributed by atoms with E-state index in [2.05, 4.69) is 25.1 Å². The van der Waals surface area contributed by atoms with Crippen molar-refractivity contribution in [2.24, 2.45) is 13.0 Å². The lowest BCUT2D eigenvalue weighted by atomic mass is 9.81. The first-order valence-electron chi connectivity index (χ1n) is 21.5. The average Bonchev–Trinajstić information content (AvgIpc) is 3.63. The number of hydrogen-bond acceptors (Lipinski definition) is 8. The van der Waals surface area contributed by atoms with Crippen LogP contribution in [0.2, 0.25) is 10.0 Å². The zero-order valence-electron chi connectivity index (χ0n) is 36.6. The number of rotatable bonds is 12. The highest BCUT2D eigenvalue weighted by Gasteiger charge is 2.43. The number of aromatic nitrogens is 2. The first-order chi connectivity index (χ1) is 30.7. The Morgan fingerprint density at radius 3 is 2.34 bits per heavy atom. The Kier molecular flexibility index (Phi) is 14.8. The molecule has 3 N–H and O–H groups in total. The zero-order valence-corrected chi connectivity index (χ0v) is 38.1. The summed E-state index contributed by atoms with van der Waals surface area (Å²) < 4.78 is 8.48. The third-order valence-electron chi connectivity index (χ3n) is 12.1. The van der Waals surface area contributed by atoms with Gasteiger partial charge in [0, 0.05) is 54.2 Å². The number of Topliss-reactive ketones (excluding diaryl/α,β-unsaturated/α-hetero) is 1. The van der Waals surface area contributed by atoms with Crippen molar-refractivity contribution in [3.63, 3.8) is 0 Å². The van der Waals surface area contributed by atoms with Crippen LogP contribution in [0.15, 0.2) is 103 Å². The van der Waals surface area contributed by atoms with E-state index in [4.69, 9.17) is 27.9 Å². The lowest BCUT2D eigenvalue weighted by Crippen LogP contribution is -2.64. The number of piperidine rings is 1. The quantitative estimate of drug-likeness (QED) is 0.121. The maximum absolute atomic E-state index is 14.8. The number of aliphatic hydroxyl groups excluding tert-OH is 1. The highest BCUT2D eigenvalue weighted by molar-refractivity contribution is 6.31. The van der Waals surface area contributed by atoms with Crippen LogP contribution < -0.4 is 15.4 Å². The maximum atomic E-state index is 14.8. The number of imidazole rings is 1. The molecule has 15 heteroatoms. The van der Waals surface area contributed by atoms with Gasteiger partial charge in [0.2, 0.25) is 11.8 Å². The Balaban J connectivity index is 1.20. The summed E-state index contributed by atoms with van der Waals surface area (Å²) in [5, 5.41) is 17.8. The van der Waals surface area contributed by atoms with E-state index in [1.54, 1.807) is 42.2 Å². The normalized spacial score (nSPS) is 21.1. The molecule has 0 unspecified atom stereocenters. The number of urea groups is 1. The number of carbonyl (C=O) groups excluding carboxylic acids is 4. The number of nitrogens with one attached hydrogen (secondary N) is 2. The van der Waals surface area contributed by atoms with Gasteiger partial charge in [-0.3, -0.25) is 14.4 Å². The van der Waals surface area contributed by atoms with Crippen molar-refractivity contribution < 1.29 is 29.0 Å². The predicted octanol–water partition coefficient (Wildman–Crippen LogP) is 7.06. The van der Waals surface area contributed by atoms with Crippen molar-refractivity contribution in [3.8, 4) is 22.8 Å². The van der Waals surface area contributed by atoms with Crippen LogP contribution in [-0.4, -0.2) is 104 Å². The summed E-state index contributed by atoms with van der Waals surface area (Å²) in [5.74, 6) is -0.576. The van der Waals surface area contributed by atoms with Gasteiger partial charge in [-0.05, 0) is 99.9 Å². The van der Waals surface area contributed by atoms with Crippen LogP contribution in [-0.2, 0) is 47.4 Å². The number of nitrogens with zero attached hydrogens (tertiary/aromatic N) is 5. The Labute approximate surface area is 384 Å². The number of hydrogen-bond donors (Lipinski definition) is 3. The third-order valence-corrected chi connectivity index (χ3v) is 12.6. The zero-order chi connectivity index (χ0) is 45.5. The summed E-state index contributed by atoms with van der Waals surface area (Å²) in [6, 6.07) is 26.6. The molecule has 2 fully saturated rings. The number of fused-ring (bicyclic) bond motifs is 2. The molecule has 2 aliphatic rings. The molecule has 13 nitrogen and oxygen atoms in total. The van der Waals surface area contributed by atoms with Gasteiger partial charge >= 0.3 is 6.03 Å². The molecular weight excluding hydrogens is 853 g/mol. The summed E-state index contributed by atoms with van der Waals surface area (Å²) in [4.78, 5) is 67.8. The van der Waals surface area contributed by atoms with Crippen molar-refractivity contribution >= 4 is 46.8 Å². The fourth-order valence-electron chi connectivity index (χ4n) is 8.59. The Morgan fingerprint density at radius 1 is 0.922 bits per heavy atom. The third kappa shape index (κ3) is 11.1. The highest BCUT2D eigenvalue weighted by atomic mass is 35.5. The number of ketones is 1. The topological polar surface area (TPSA) is 149 Å². The molecule has 1 aromatic heterocycles. The summed E-state index contributed by atoms with van der Waals surface area (Å²) in [5.41, 5.74) is 3.24. The van der Waals surface area contributed by atoms with E-state index in [9.17, 15) is 24.3 Å². The molecule has 5 aromatic rings. The molecule has 2 saturated heterocycles. The standard InChI is InChI=1S/C49H55Cl2N7O6/c1-32-43(60)24-37(30-59)46(61)54-49(26-34-11-16-38(50)17-12-34)21-8-22-57(31-49)47(62)41(23-33-9-6-5-7-10-33)53-48(63)58(32)28-36-13-18-39(51)25-44(36)64-40-19-14-35(15-20-40)42-27-52-45(56(42)4)29-55(2)3/h5-7,9-20,25,27,32,37,41,59H,8,21-24,26,28-31H2,1-4H3,(H,53,63)(H,54,61)/t32-,37-,41-,49+/m0/s1. The minimum atomic E-state index is -1.11. The fraction of sp³-hybridized carbons (Fsp3) is 0.367. The summed E-state index contributed by atoms with van der Waals surface area (Å²) in [7, 11) is 5.97. The summed E-state index contributed by atoms with van der Waals surface area (Å²) in [6.45, 7) is 2.13. The Bertz CT molecular complexity index is 2450. The van der Waals surface area contributed by atoms with Crippen LogP contribution in [0.25, 0.3) is 11.3 Å². The van der Waals surface area contributed by atoms with Crippen molar-refractivity contribution in [2.75, 3.05) is 33.8 Å². The molecule has 3 heterocycles. The second-order valence-electron chi connectivity index (χ2n) is 17.2. The van der Waals surface area contributed by atoms with Gasteiger partial charge in [0.25, 0.3) is 0 Å². The van der Waals surface area contributed by atoms with Crippen LogP contribution >= 0.6 is 23.2 Å². The first kappa shape index (κ1) is 46.3. The van der Waals surface area contributed by atoms with Crippen molar-refractivity contribution in [1.82, 2.24) is 34.9 Å². The fourth-order valence-corrected chi connectivity index (χ4v) is 8.87. The van der Waals surface area contributed by atoms with Crippen molar-refractivity contribution in [2.45, 2.75) is 69.7 Å². The van der Waals surface area contributed by atoms with E-state index in [1.165, 1.54) is 4.90 Å². The maximum Gasteiger partial charge on any atom is 0.318 e. The number of benzene rings is 4. The van der Waals surface area contributed by atoms with Gasteiger partial charge in [0.05, 0.1) is 49.1 Å². The highest BCUT2D eigenvalue weighted by Crippen LogP contribution is 2.33. The largest absolute Gasteiger partial charge is 0.457 e. The number of ether oxygens (including phenoxy) is 1. The van der Waals surface area contributed by atoms with Crippen LogP contribution in [0.4, 0.5) is 4.79 Å². The van der Waals surface area contributed by atoms with Gasteiger partial charge in [-0.25, -0.2) is 9.78 Å². The Hall–Kier alpha value is -5.73. The average molecular weight is 909 g/mol. The Morgan fingerprint density at radius 2 is 1.64 bits per heavy atom. The predicted molar refractivity (Wildman–Crippen MR) is 247 cm³/mol. The van der Waals surface area contributed by atoms with Crippen molar-refractivity contribution in [3.05, 3.63) is 136 Å². The van der Waals surface area contributed by atoms with Crippen LogP contribution in [0.5, 0.6) is 11.5 Å². The van der Waals surface area contributed by atoms with E-state index in [1.807, 2.05) is 94.1 Å². The summed E-state index contributed by atoms with van der Waals surface area (Å²) in [6.07, 6.45) is 3.19. The van der Waals surface area contributed by atoms with Crippen molar-refractivity contribution in [1.29, 1.82) is 0 Å². The molecule has 4 aromatic carbocycles. The second-order valence-corrected chi connectivity index (χ2v) is 18.1. The number of halogens is 2. The van der Waals surface area contributed by atoms with Gasteiger partial charge in [-0.1, -0.05) is 71.7 Å². The number of amides is 4. The van der Waals surface area contributed by atoms with Crippen LogP contribution in [0.1, 0.15) is 48.7 Å². The molecule has 0 radical (unpaired) electrons. The van der Waals surface area contributed by atoms with Gasteiger partial charge in [-0.15, -0.1) is 0 Å². The minimum Gasteiger partial charge on any atom is -0.457 e. The number of aliphatic hydroxyl groups is 1. The van der Waals surface area contributed by atoms with Gasteiger partial charge in [0.15, 0.2) is 5.78 Å². The molecule has 336 valence electrons. The minimum absolute atomic E-state index is 0.122. The van der Waals surface area contributed by atoms with Gasteiger partial charge in [0.1, 0.15) is 23.4 Å². The molecule has 4 amide bonds. The van der Waals surface area contributed by atoms with Gasteiger partial charge in [-0.2, -0.15) is 0 Å². The van der Waals surface area contributed by atoms with Crippen LogP contribution in [0.3, 0.4) is 0 Å². The molecule has 4 atom stereocenters. The number of carbonyl (C=O) groups is 4. The lowest BCUT2D eigenvalue weighted by Gasteiger charge is -2.45. The lowest BCUT2D eigenvalue weighted by molar-refractivity contribution is -0.139. The summed E-state index contributed by atoms with van der Waals surface area (Å²) >= 11 is 12.7. The molecular formula is C49H55Cl2N7O6. The molecule has 0 saturated carbocycles. The SMILES string of the molecule is C[C@H]1C(=O)C[C@@H](CO)C(=O)N[C@@]2(Cc3ccc(Cl)cc3)CCCN(C2)C(=O)[C@H](Cc2ccccc2)NC(=O)N1Cc1ccc(Cl)cc1Oc1ccc(-c2cnc(CN(C)C)n2C)cc1. The van der Waals surface area contributed by atoms with E-state index in [0.717, 1.165) is 28.2 Å². The second kappa shape index (κ2) is 20.4. The molecule has 2 aliphatic heterocycles. The molecule has 7 rings (SSSR count). The van der Waals surface area contributed by atoms with E-state index < -0.39 is 47.9 Å². The first-order valence-corrected chi connectivity index (χ1v) is 22.3. The van der Waals surface area contributed by atoms with Gasteiger partial charge < -0.3 is 39.7 Å². The van der Waals surface area contributed by atoms with E-state index in [0.29, 0.717) is 59.5 Å². The van der Waals surface area contributed by atoms with E-state index >= 15 is 0 Å².